The van der Waals surface area contributed by atoms with E-state index >= 15 is 0 Å². The van der Waals surface area contributed by atoms with Crippen molar-refractivity contribution in [1.29, 1.82) is 0 Å². The molecule has 1 aromatic heterocycles. The number of carbonyl (C=O) groups is 2. The van der Waals surface area contributed by atoms with Crippen LogP contribution in [0.25, 0.3) is 0 Å². The number of amidine groups is 1. The van der Waals surface area contributed by atoms with Crippen molar-refractivity contribution in [3.8, 4) is 0 Å². The number of likely N-dealkylation sites (tertiary alicyclic amines) is 1. The number of hydrogen-bond acceptors (Lipinski definition) is 8. The maximum atomic E-state index is 14.7. The van der Waals surface area contributed by atoms with E-state index < -0.39 is 5.66 Å². The van der Waals surface area contributed by atoms with E-state index in [1.54, 1.807) is 0 Å². The van der Waals surface area contributed by atoms with E-state index in [0.29, 0.717) is 29.7 Å². The molecule has 46 heavy (non-hydrogen) atoms. The Morgan fingerprint density at radius 3 is 2.30 bits per heavy atom. The molecule has 0 radical (unpaired) electrons. The molecule has 1 atom stereocenters. The van der Waals surface area contributed by atoms with Gasteiger partial charge in [-0.1, -0.05) is 58.9 Å². The van der Waals surface area contributed by atoms with Crippen LogP contribution < -0.4 is 5.32 Å². The second kappa shape index (κ2) is 13.8. The van der Waals surface area contributed by atoms with Crippen LogP contribution in [-0.4, -0.2) is 79.5 Å². The van der Waals surface area contributed by atoms with Crippen molar-refractivity contribution < 1.29 is 14.3 Å². The predicted octanol–water partition coefficient (Wildman–Crippen LogP) is 5.67. The number of aromatic nitrogens is 4. The number of nitrogens with zero attached hydrogens (tertiary/aromatic N) is 6. The number of ether oxygens (including phenoxy) is 1. The number of benzene rings is 1. The molecular formula is C35H54N8O3. The lowest BCUT2D eigenvalue weighted by Crippen LogP contribution is -2.52. The minimum atomic E-state index is -0.561. The number of H-pyrrole nitrogens is 1. The Bertz CT molecular complexity index is 1340. The van der Waals surface area contributed by atoms with Crippen molar-refractivity contribution in [1.82, 2.24) is 35.7 Å². The van der Waals surface area contributed by atoms with E-state index in [9.17, 15) is 9.59 Å². The summed E-state index contributed by atoms with van der Waals surface area (Å²) >= 11 is 0. The van der Waals surface area contributed by atoms with Crippen LogP contribution in [0.4, 0.5) is 0 Å². The molecule has 5 rings (SSSR count). The number of hydrogen-bond donors (Lipinski definition) is 2. The first-order valence-corrected chi connectivity index (χ1v) is 17.2. The maximum absolute atomic E-state index is 14.7. The monoisotopic (exact) mass is 634 g/mol. The van der Waals surface area contributed by atoms with Crippen molar-refractivity contribution in [2.75, 3.05) is 19.7 Å². The second-order valence-corrected chi connectivity index (χ2v) is 15.6. The summed E-state index contributed by atoms with van der Waals surface area (Å²) in [6, 6.07) is 7.59. The molecule has 2 fully saturated rings. The van der Waals surface area contributed by atoms with Crippen molar-refractivity contribution >= 4 is 17.6 Å². The summed E-state index contributed by atoms with van der Waals surface area (Å²) in [5.74, 6) is 1.48. The number of tetrazole rings is 1. The van der Waals surface area contributed by atoms with Gasteiger partial charge >= 0.3 is 0 Å². The molecule has 1 saturated heterocycles. The zero-order valence-corrected chi connectivity index (χ0v) is 28.9. The summed E-state index contributed by atoms with van der Waals surface area (Å²) in [6.07, 6.45) is 7.64. The van der Waals surface area contributed by atoms with Gasteiger partial charge in [0.05, 0.1) is 18.7 Å². The molecule has 2 amide bonds. The van der Waals surface area contributed by atoms with Gasteiger partial charge in [-0.2, -0.15) is 5.21 Å². The van der Waals surface area contributed by atoms with Gasteiger partial charge in [-0.3, -0.25) is 9.59 Å². The largest absolute Gasteiger partial charge is 0.378 e. The molecule has 2 aromatic rings. The van der Waals surface area contributed by atoms with Crippen LogP contribution >= 0.6 is 0 Å². The molecule has 2 N–H and O–H groups in total. The van der Waals surface area contributed by atoms with Crippen LogP contribution in [0, 0.1) is 16.7 Å². The average molecular weight is 635 g/mol. The number of aliphatic imine (C=N–C) groups is 1. The van der Waals surface area contributed by atoms with Gasteiger partial charge < -0.3 is 19.9 Å². The summed E-state index contributed by atoms with van der Waals surface area (Å²) < 4.78 is 5.91. The van der Waals surface area contributed by atoms with Gasteiger partial charge in [0, 0.05) is 25.3 Å². The molecule has 1 saturated carbocycles. The fourth-order valence-corrected chi connectivity index (χ4v) is 7.39. The standard InChI is InChI=1S/C35H54N8O3/c1-8-46-27-16-21-42(22-17-27)30-32(45)43(35(37-30)19-13-26(14-20-35)34(5,6)7)28(15-18-33(2,3)4)24-9-11-25(12-10-24)31(44)36-23-29-38-40-41-39-29/h9-12,26-28H,8,13-23H2,1-7H3,(H,36,44)(H,38,39,40,41)/t26?,28-,35?/m1/s1. The Balaban J connectivity index is 1.44. The first-order valence-electron chi connectivity index (χ1n) is 17.2. The molecule has 1 aliphatic carbocycles. The Hall–Kier alpha value is -3.34. The Morgan fingerprint density at radius 1 is 1.07 bits per heavy atom. The summed E-state index contributed by atoms with van der Waals surface area (Å²) in [4.78, 5) is 37.5. The smallest absolute Gasteiger partial charge is 0.291 e. The van der Waals surface area contributed by atoms with E-state index in [1.165, 1.54) is 0 Å². The molecule has 2 aliphatic heterocycles. The summed E-state index contributed by atoms with van der Waals surface area (Å²) in [6.45, 7) is 18.3. The lowest BCUT2D eigenvalue weighted by atomic mass is 9.69. The molecular weight excluding hydrogens is 580 g/mol. The SMILES string of the molecule is CCOC1CCN(C2=NC3(CCC(C(C)(C)C)CC3)N([C@H](CCC(C)(C)C)c3ccc(C(=O)NCc4nn[nH]n4)cc3)C2=O)CC1. The molecule has 0 bridgehead atoms. The summed E-state index contributed by atoms with van der Waals surface area (Å²) in [5, 5.41) is 16.6. The highest BCUT2D eigenvalue weighted by atomic mass is 16.5. The number of amides is 2. The van der Waals surface area contributed by atoms with Gasteiger partial charge in [-0.15, -0.1) is 10.2 Å². The quantitative estimate of drug-likeness (QED) is 0.364. The minimum absolute atomic E-state index is 0.0462. The maximum Gasteiger partial charge on any atom is 0.291 e. The molecule has 1 aromatic carbocycles. The van der Waals surface area contributed by atoms with Gasteiger partial charge in [0.15, 0.2) is 11.7 Å². The van der Waals surface area contributed by atoms with Gasteiger partial charge in [0.2, 0.25) is 0 Å². The summed E-state index contributed by atoms with van der Waals surface area (Å²) in [5.41, 5.74) is 1.33. The van der Waals surface area contributed by atoms with Crippen LogP contribution in [0.3, 0.4) is 0 Å². The topological polar surface area (TPSA) is 129 Å². The molecule has 3 heterocycles. The van der Waals surface area contributed by atoms with Crippen LogP contribution in [0.15, 0.2) is 29.3 Å². The van der Waals surface area contributed by atoms with Crippen molar-refractivity contribution in [3.63, 3.8) is 0 Å². The Morgan fingerprint density at radius 2 is 1.74 bits per heavy atom. The van der Waals surface area contributed by atoms with Crippen molar-refractivity contribution in [3.05, 3.63) is 41.2 Å². The lowest BCUT2D eigenvalue weighted by Gasteiger charge is -2.47. The van der Waals surface area contributed by atoms with Crippen LogP contribution in [0.5, 0.6) is 0 Å². The number of nitrogens with one attached hydrogen (secondary N) is 2. The number of piperidine rings is 1. The highest BCUT2D eigenvalue weighted by molar-refractivity contribution is 6.39. The zero-order chi connectivity index (χ0) is 33.1. The van der Waals surface area contributed by atoms with Gasteiger partial charge in [0.1, 0.15) is 5.66 Å². The fourth-order valence-electron chi connectivity index (χ4n) is 7.39. The van der Waals surface area contributed by atoms with Crippen LogP contribution in [0.1, 0.15) is 128 Å². The van der Waals surface area contributed by atoms with E-state index in [2.05, 4.69) is 77.3 Å². The van der Waals surface area contributed by atoms with E-state index in [-0.39, 0.29) is 41.3 Å². The van der Waals surface area contributed by atoms with E-state index in [1.807, 2.05) is 31.2 Å². The molecule has 0 unspecified atom stereocenters. The molecule has 3 aliphatic rings. The Labute approximate surface area is 274 Å². The number of rotatable bonds is 9. The fraction of sp³-hybridized carbons (Fsp3) is 0.714. The molecule has 252 valence electrons. The molecule has 11 heteroatoms. The van der Waals surface area contributed by atoms with Crippen LogP contribution in [0.2, 0.25) is 0 Å². The highest BCUT2D eigenvalue weighted by Crippen LogP contribution is 2.50. The molecule has 1 spiro atoms. The average Bonchev–Trinajstić information content (AvgIpc) is 3.63. The third kappa shape index (κ3) is 7.78. The second-order valence-electron chi connectivity index (χ2n) is 15.6. The minimum Gasteiger partial charge on any atom is -0.378 e. The number of carbonyl (C=O) groups excluding carboxylic acids is 2. The first-order chi connectivity index (χ1) is 21.8. The normalized spacial score (nSPS) is 23.6. The van der Waals surface area contributed by atoms with Gasteiger partial charge in [-0.25, -0.2) is 4.99 Å². The Kier molecular flexibility index (Phi) is 10.2. The summed E-state index contributed by atoms with van der Waals surface area (Å²) in [7, 11) is 0. The third-order valence-corrected chi connectivity index (χ3v) is 10.2. The highest BCUT2D eigenvalue weighted by Gasteiger charge is 2.53. The van der Waals surface area contributed by atoms with Crippen molar-refractivity contribution in [2.24, 2.45) is 21.7 Å². The third-order valence-electron chi connectivity index (χ3n) is 10.2. The number of aromatic amines is 1. The predicted molar refractivity (Wildman–Crippen MR) is 178 cm³/mol. The zero-order valence-electron chi connectivity index (χ0n) is 28.9. The lowest BCUT2D eigenvalue weighted by molar-refractivity contribution is -0.134. The molecule has 11 nitrogen and oxygen atoms in total. The first kappa shape index (κ1) is 34.0. The van der Waals surface area contributed by atoms with Gasteiger partial charge in [0.25, 0.3) is 11.8 Å². The van der Waals surface area contributed by atoms with E-state index in [4.69, 9.17) is 9.73 Å². The van der Waals surface area contributed by atoms with Crippen LogP contribution in [-0.2, 0) is 16.1 Å². The van der Waals surface area contributed by atoms with Crippen molar-refractivity contribution in [2.45, 2.75) is 124 Å². The van der Waals surface area contributed by atoms with Gasteiger partial charge in [-0.05, 0) is 92.7 Å². The van der Waals surface area contributed by atoms with E-state index in [0.717, 1.165) is 70.0 Å².